The van der Waals surface area contributed by atoms with E-state index in [0.29, 0.717) is 5.92 Å². The zero-order valence-corrected chi connectivity index (χ0v) is 11.3. The molecule has 0 radical (unpaired) electrons. The van der Waals surface area contributed by atoms with Crippen LogP contribution in [-0.2, 0) is 0 Å². The summed E-state index contributed by atoms with van der Waals surface area (Å²) < 4.78 is 0. The van der Waals surface area contributed by atoms with E-state index in [9.17, 15) is 10.2 Å². The number of aliphatic hydroxyl groups excluding tert-OH is 2. The third-order valence-electron chi connectivity index (χ3n) is 5.27. The molecule has 0 heterocycles. The molecule has 17 heavy (non-hydrogen) atoms. The van der Waals surface area contributed by atoms with Crippen LogP contribution in [0.25, 0.3) is 0 Å². The predicted molar refractivity (Wildman–Crippen MR) is 69.6 cm³/mol. The number of rotatable bonds is 2. The van der Waals surface area contributed by atoms with E-state index in [1.165, 1.54) is 12.0 Å². The monoisotopic (exact) mass is 238 g/mol. The van der Waals surface area contributed by atoms with Gasteiger partial charge in [0.2, 0.25) is 0 Å². The molecule has 0 aromatic rings. The normalized spacial score (nSPS) is 43.8. The lowest BCUT2D eigenvalue weighted by Crippen LogP contribution is -2.46. The van der Waals surface area contributed by atoms with Crippen molar-refractivity contribution in [2.24, 2.45) is 23.2 Å². The van der Waals surface area contributed by atoms with E-state index in [2.05, 4.69) is 26.8 Å². The summed E-state index contributed by atoms with van der Waals surface area (Å²) in [5, 5.41) is 19.6. The third-order valence-corrected chi connectivity index (χ3v) is 5.27. The van der Waals surface area contributed by atoms with Crippen molar-refractivity contribution in [2.45, 2.75) is 52.6 Å². The van der Waals surface area contributed by atoms with E-state index < -0.39 is 0 Å². The molecule has 0 aliphatic heterocycles. The average Bonchev–Trinajstić information content (AvgIpc) is 2.27. The minimum absolute atomic E-state index is 0.188. The van der Waals surface area contributed by atoms with Crippen molar-refractivity contribution in [3.05, 3.63) is 11.6 Å². The van der Waals surface area contributed by atoms with Gasteiger partial charge in [-0.25, -0.2) is 0 Å². The molecule has 0 bridgehead atoms. The van der Waals surface area contributed by atoms with Crippen molar-refractivity contribution in [3.63, 3.8) is 0 Å². The molecule has 5 atom stereocenters. The molecular formula is C15H26O2. The number of hydrogen-bond donors (Lipinski definition) is 2. The maximum Gasteiger partial charge on any atom is 0.0577 e. The van der Waals surface area contributed by atoms with Crippen LogP contribution in [0.15, 0.2) is 11.6 Å². The summed E-state index contributed by atoms with van der Waals surface area (Å²) in [6.07, 6.45) is 6.44. The average molecular weight is 238 g/mol. The summed E-state index contributed by atoms with van der Waals surface area (Å²) in [5.41, 5.74) is 1.78. The molecule has 1 saturated carbocycles. The van der Waals surface area contributed by atoms with E-state index in [4.69, 9.17) is 0 Å². The number of aliphatic hydroxyl groups is 2. The fourth-order valence-corrected chi connectivity index (χ4v) is 4.02. The second-order valence-electron chi connectivity index (χ2n) is 6.52. The lowest BCUT2D eigenvalue weighted by molar-refractivity contribution is -0.0528. The van der Waals surface area contributed by atoms with Gasteiger partial charge >= 0.3 is 0 Å². The number of fused-ring (bicyclic) bond motifs is 1. The molecule has 2 nitrogen and oxygen atoms in total. The molecule has 2 aliphatic rings. The van der Waals surface area contributed by atoms with Crippen LogP contribution in [0.5, 0.6) is 0 Å². The van der Waals surface area contributed by atoms with Gasteiger partial charge in [0.15, 0.2) is 0 Å². The van der Waals surface area contributed by atoms with E-state index >= 15 is 0 Å². The molecule has 0 spiro atoms. The Balaban J connectivity index is 2.20. The highest BCUT2D eigenvalue weighted by molar-refractivity contribution is 5.15. The Morgan fingerprint density at radius 2 is 2.24 bits per heavy atom. The minimum atomic E-state index is -0.232. The van der Waals surface area contributed by atoms with Crippen LogP contribution < -0.4 is 0 Å². The fourth-order valence-electron chi connectivity index (χ4n) is 4.02. The molecule has 0 aromatic heterocycles. The van der Waals surface area contributed by atoms with Crippen LogP contribution in [0.2, 0.25) is 0 Å². The van der Waals surface area contributed by atoms with Gasteiger partial charge in [-0.15, -0.1) is 0 Å². The molecule has 2 aliphatic carbocycles. The quantitative estimate of drug-likeness (QED) is 0.726. The van der Waals surface area contributed by atoms with Crippen molar-refractivity contribution in [2.75, 3.05) is 6.61 Å². The Hall–Kier alpha value is -0.340. The highest BCUT2D eigenvalue weighted by Crippen LogP contribution is 2.53. The predicted octanol–water partition coefficient (Wildman–Crippen LogP) is 2.75. The molecule has 0 aromatic carbocycles. The Labute approximate surface area is 105 Å². The highest BCUT2D eigenvalue weighted by atomic mass is 16.3. The summed E-state index contributed by atoms with van der Waals surface area (Å²) in [6.45, 7) is 6.81. The van der Waals surface area contributed by atoms with Crippen molar-refractivity contribution in [1.82, 2.24) is 0 Å². The minimum Gasteiger partial charge on any atom is -0.396 e. The van der Waals surface area contributed by atoms with Gasteiger partial charge in [-0.05, 0) is 55.8 Å². The first-order valence-corrected chi connectivity index (χ1v) is 6.93. The van der Waals surface area contributed by atoms with Gasteiger partial charge in [0, 0.05) is 6.61 Å². The number of hydrogen-bond acceptors (Lipinski definition) is 2. The molecule has 0 saturated heterocycles. The summed E-state index contributed by atoms with van der Waals surface area (Å²) in [6, 6.07) is 0. The Morgan fingerprint density at radius 3 is 2.88 bits per heavy atom. The van der Waals surface area contributed by atoms with Gasteiger partial charge in [0.1, 0.15) is 0 Å². The van der Waals surface area contributed by atoms with Gasteiger partial charge in [-0.3, -0.25) is 0 Å². The van der Waals surface area contributed by atoms with Crippen LogP contribution in [-0.4, -0.2) is 22.9 Å². The van der Waals surface area contributed by atoms with Gasteiger partial charge in [0.25, 0.3) is 0 Å². The van der Waals surface area contributed by atoms with E-state index in [-0.39, 0.29) is 30.0 Å². The smallest absolute Gasteiger partial charge is 0.0577 e. The molecular weight excluding hydrogens is 212 g/mol. The van der Waals surface area contributed by atoms with E-state index in [0.717, 1.165) is 19.3 Å². The summed E-state index contributed by atoms with van der Waals surface area (Å²) in [7, 11) is 0. The summed E-state index contributed by atoms with van der Waals surface area (Å²) in [5.74, 6) is 1.09. The van der Waals surface area contributed by atoms with Crippen molar-refractivity contribution >= 4 is 0 Å². The first-order chi connectivity index (χ1) is 7.98. The SMILES string of the molecule is CC1=CCC[C@@]2(C)C[C@H](O)[C@H](C(C)CO)C[C@H]12. The molecule has 98 valence electrons. The standard InChI is InChI=1S/C15H26O2/c1-10-5-4-6-15(3)8-14(17)12(7-13(10)15)11(2)9-16/h5,11-14,16-17H,4,6-9H2,1-3H3/t11?,12-,13+,14-,15-/m0/s1. The zero-order chi connectivity index (χ0) is 12.6. The van der Waals surface area contributed by atoms with Crippen molar-refractivity contribution in [1.29, 1.82) is 0 Å². The molecule has 2 heteroatoms. The summed E-state index contributed by atoms with van der Waals surface area (Å²) in [4.78, 5) is 0. The maximum absolute atomic E-state index is 10.3. The molecule has 1 fully saturated rings. The van der Waals surface area contributed by atoms with Crippen molar-refractivity contribution in [3.8, 4) is 0 Å². The topological polar surface area (TPSA) is 40.5 Å². The second kappa shape index (κ2) is 4.74. The zero-order valence-electron chi connectivity index (χ0n) is 11.3. The molecule has 2 rings (SSSR count). The molecule has 1 unspecified atom stereocenters. The fraction of sp³-hybridized carbons (Fsp3) is 0.867. The van der Waals surface area contributed by atoms with Gasteiger partial charge < -0.3 is 10.2 Å². The van der Waals surface area contributed by atoms with Crippen LogP contribution >= 0.6 is 0 Å². The lowest BCUT2D eigenvalue weighted by Gasteiger charge is -2.50. The van der Waals surface area contributed by atoms with Crippen molar-refractivity contribution < 1.29 is 10.2 Å². The summed E-state index contributed by atoms with van der Waals surface area (Å²) >= 11 is 0. The van der Waals surface area contributed by atoms with E-state index in [1.54, 1.807) is 0 Å². The maximum atomic E-state index is 10.3. The van der Waals surface area contributed by atoms with Crippen LogP contribution in [0, 0.1) is 23.2 Å². The first kappa shape index (κ1) is 13.1. The van der Waals surface area contributed by atoms with Gasteiger partial charge in [-0.1, -0.05) is 25.5 Å². The molecule has 2 N–H and O–H groups in total. The second-order valence-corrected chi connectivity index (χ2v) is 6.52. The third kappa shape index (κ3) is 2.30. The lowest BCUT2D eigenvalue weighted by atomic mass is 9.56. The highest BCUT2D eigenvalue weighted by Gasteiger charge is 2.46. The Bertz CT molecular complexity index is 310. The van der Waals surface area contributed by atoms with Crippen LogP contribution in [0.1, 0.15) is 46.5 Å². The number of allylic oxidation sites excluding steroid dienone is 2. The Morgan fingerprint density at radius 1 is 1.53 bits per heavy atom. The van der Waals surface area contributed by atoms with Crippen LogP contribution in [0.4, 0.5) is 0 Å². The largest absolute Gasteiger partial charge is 0.396 e. The van der Waals surface area contributed by atoms with Gasteiger partial charge in [-0.2, -0.15) is 0 Å². The first-order valence-electron chi connectivity index (χ1n) is 6.93. The van der Waals surface area contributed by atoms with Crippen LogP contribution in [0.3, 0.4) is 0 Å². The van der Waals surface area contributed by atoms with E-state index in [1.807, 2.05) is 0 Å². The molecule has 0 amide bonds. The Kier molecular flexibility index (Phi) is 3.65. The van der Waals surface area contributed by atoms with Gasteiger partial charge in [0.05, 0.1) is 6.10 Å².